The number of halogens is 2. The molecule has 10 heteroatoms. The van der Waals surface area contributed by atoms with Crippen molar-refractivity contribution in [3.63, 3.8) is 0 Å². The molecule has 5 N–H and O–H groups in total. The Morgan fingerprint density at radius 1 is 0.949 bits per heavy atom. The van der Waals surface area contributed by atoms with Crippen LogP contribution in [0.2, 0.25) is 0 Å². The first-order valence-electron chi connectivity index (χ1n) is 13.3. The van der Waals surface area contributed by atoms with Gasteiger partial charge in [0.2, 0.25) is 5.88 Å². The molecule has 204 valence electrons. The molecule has 39 heavy (non-hydrogen) atoms. The van der Waals surface area contributed by atoms with Crippen LogP contribution in [0, 0.1) is 11.6 Å². The van der Waals surface area contributed by atoms with Crippen molar-refractivity contribution < 1.29 is 34.2 Å². The number of hydrogen-bond acceptors (Lipinski definition) is 4. The van der Waals surface area contributed by atoms with Gasteiger partial charge in [0, 0.05) is 56.3 Å². The second-order valence-electron chi connectivity index (χ2n) is 9.96. The van der Waals surface area contributed by atoms with Gasteiger partial charge in [-0.25, -0.2) is 13.8 Å². The first-order valence-corrected chi connectivity index (χ1v) is 13.3. The van der Waals surface area contributed by atoms with E-state index in [2.05, 4.69) is 16.0 Å². The monoisotopic (exact) mass is 537 g/mol. The summed E-state index contributed by atoms with van der Waals surface area (Å²) in [6.07, 6.45) is 3.03. The molecular weight excluding hydrogens is 504 g/mol. The minimum atomic E-state index is -0.443. The van der Waals surface area contributed by atoms with Gasteiger partial charge in [0.15, 0.2) is 6.10 Å². The quantitative estimate of drug-likeness (QED) is 0.471. The van der Waals surface area contributed by atoms with Crippen LogP contribution < -0.4 is 15.8 Å². The Balaban J connectivity index is 1.30. The molecular formula is C29H33F2N5O3+2. The Bertz CT molecular complexity index is 1340. The number of carbonyl (C=O) groups is 2. The van der Waals surface area contributed by atoms with E-state index in [0.717, 1.165) is 25.1 Å². The zero-order valence-electron chi connectivity index (χ0n) is 21.7. The van der Waals surface area contributed by atoms with Crippen molar-refractivity contribution in [3.8, 4) is 17.0 Å². The van der Waals surface area contributed by atoms with Crippen LogP contribution in [0.5, 0.6) is 5.88 Å². The second-order valence-corrected chi connectivity index (χ2v) is 9.96. The zero-order valence-corrected chi connectivity index (χ0v) is 21.7. The molecule has 0 bridgehead atoms. The van der Waals surface area contributed by atoms with Crippen molar-refractivity contribution in [2.24, 2.45) is 0 Å². The van der Waals surface area contributed by atoms with Gasteiger partial charge in [-0.15, -0.1) is 0 Å². The Morgan fingerprint density at radius 3 is 2.28 bits per heavy atom. The first-order chi connectivity index (χ1) is 18.9. The Hall–Kier alpha value is -3.89. The number of hydrogen-bond donors (Lipinski definition) is 2. The van der Waals surface area contributed by atoms with Gasteiger partial charge in [0.05, 0.1) is 18.7 Å². The SMILES string of the molecule is [NH3+]CCc1cc(F)cc(C(=O)N2CCN(C(=O)c3cnc(O[C@H]4CC[NH2+]C4)c(-c4ccc(F)cc4)c3)CC2)c1. The summed E-state index contributed by atoms with van der Waals surface area (Å²) in [6, 6.07) is 12.2. The molecule has 3 aromatic rings. The highest BCUT2D eigenvalue weighted by Gasteiger charge is 2.28. The molecule has 3 heterocycles. The lowest BCUT2D eigenvalue weighted by atomic mass is 10.0. The Labute approximate surface area is 225 Å². The van der Waals surface area contributed by atoms with Crippen LogP contribution in [0.3, 0.4) is 0 Å². The molecule has 2 saturated heterocycles. The fourth-order valence-corrected chi connectivity index (χ4v) is 5.09. The maximum atomic E-state index is 14.1. The van der Waals surface area contributed by atoms with Crippen LogP contribution in [0.4, 0.5) is 8.78 Å². The van der Waals surface area contributed by atoms with Gasteiger partial charge in [-0.2, -0.15) is 0 Å². The standard InChI is InChI=1S/C29H31F2N5O3/c30-23-3-1-20(2-4-23)26-16-22(17-34-27(26)39-25-6-8-33-18-25)29(38)36-11-9-35(10-12-36)28(37)21-13-19(5-7-32)14-24(31)15-21/h1-4,13-17,25,33H,5-12,18,32H2/p+2/t25-/m0/s1. The molecule has 2 aromatic carbocycles. The summed E-state index contributed by atoms with van der Waals surface area (Å²) in [4.78, 5) is 34.3. The summed E-state index contributed by atoms with van der Waals surface area (Å²) in [7, 11) is 0. The molecule has 0 aliphatic carbocycles. The van der Waals surface area contributed by atoms with E-state index in [1.54, 1.807) is 34.1 Å². The summed E-state index contributed by atoms with van der Waals surface area (Å²) < 4.78 is 33.8. The number of ether oxygens (including phenoxy) is 1. The van der Waals surface area contributed by atoms with E-state index >= 15 is 0 Å². The van der Waals surface area contributed by atoms with Gasteiger partial charge in [0.1, 0.15) is 18.2 Å². The Kier molecular flexibility index (Phi) is 8.13. The highest BCUT2D eigenvalue weighted by Crippen LogP contribution is 2.31. The number of nitrogens with two attached hydrogens (primary N) is 1. The molecule has 1 aromatic heterocycles. The Morgan fingerprint density at radius 2 is 1.64 bits per heavy atom. The number of piperazine rings is 1. The van der Waals surface area contributed by atoms with E-state index in [0.29, 0.717) is 67.3 Å². The van der Waals surface area contributed by atoms with Gasteiger partial charge in [-0.3, -0.25) is 9.59 Å². The van der Waals surface area contributed by atoms with Crippen molar-refractivity contribution in [1.82, 2.24) is 14.8 Å². The molecule has 0 radical (unpaired) electrons. The highest BCUT2D eigenvalue weighted by molar-refractivity contribution is 5.97. The van der Waals surface area contributed by atoms with Crippen LogP contribution in [0.1, 0.15) is 32.7 Å². The van der Waals surface area contributed by atoms with E-state index in [4.69, 9.17) is 4.74 Å². The number of quaternary nitrogens is 2. The topological polar surface area (TPSA) is 107 Å². The summed E-state index contributed by atoms with van der Waals surface area (Å²) in [5.41, 5.74) is 6.57. The number of rotatable bonds is 7. The van der Waals surface area contributed by atoms with E-state index in [-0.39, 0.29) is 23.7 Å². The maximum Gasteiger partial charge on any atom is 0.255 e. The van der Waals surface area contributed by atoms with Crippen LogP contribution in [-0.2, 0) is 6.42 Å². The molecule has 1 atom stereocenters. The molecule has 2 aliphatic rings. The number of aromatic nitrogens is 1. The van der Waals surface area contributed by atoms with E-state index in [1.165, 1.54) is 30.5 Å². The van der Waals surface area contributed by atoms with Crippen LogP contribution >= 0.6 is 0 Å². The minimum absolute atomic E-state index is 0.0247. The van der Waals surface area contributed by atoms with E-state index in [9.17, 15) is 18.4 Å². The molecule has 8 nitrogen and oxygen atoms in total. The van der Waals surface area contributed by atoms with Gasteiger partial charge >= 0.3 is 0 Å². The van der Waals surface area contributed by atoms with Gasteiger partial charge in [-0.1, -0.05) is 12.1 Å². The number of pyridine rings is 1. The molecule has 0 unspecified atom stereocenters. The molecule has 0 spiro atoms. The van der Waals surface area contributed by atoms with E-state index in [1.807, 2.05) is 0 Å². The van der Waals surface area contributed by atoms with Crippen LogP contribution in [0.15, 0.2) is 54.7 Å². The minimum Gasteiger partial charge on any atom is -0.468 e. The number of amides is 2. The van der Waals surface area contributed by atoms with Crippen molar-refractivity contribution >= 4 is 11.8 Å². The van der Waals surface area contributed by atoms with Gasteiger partial charge in [-0.05, 0) is 47.5 Å². The molecule has 2 aliphatic heterocycles. The summed E-state index contributed by atoms with van der Waals surface area (Å²) in [5, 5.41) is 2.18. The van der Waals surface area contributed by atoms with Crippen LogP contribution in [0.25, 0.3) is 11.1 Å². The first kappa shape index (κ1) is 26.7. The van der Waals surface area contributed by atoms with Crippen LogP contribution in [-0.4, -0.2) is 78.5 Å². The third kappa shape index (κ3) is 6.23. The molecule has 2 amide bonds. The molecule has 0 saturated carbocycles. The number of carbonyl (C=O) groups excluding carboxylic acids is 2. The maximum absolute atomic E-state index is 14.1. The predicted octanol–water partition coefficient (Wildman–Crippen LogP) is 1.12. The lowest BCUT2D eigenvalue weighted by molar-refractivity contribution is -0.638. The predicted molar refractivity (Wildman–Crippen MR) is 140 cm³/mol. The molecule has 5 rings (SSSR count). The molecule has 2 fully saturated rings. The zero-order chi connectivity index (χ0) is 27.4. The number of nitrogens with zero attached hydrogens (tertiary/aromatic N) is 3. The van der Waals surface area contributed by atoms with Crippen molar-refractivity contribution in [1.29, 1.82) is 0 Å². The largest absolute Gasteiger partial charge is 0.468 e. The van der Waals surface area contributed by atoms with Crippen molar-refractivity contribution in [2.45, 2.75) is 18.9 Å². The summed E-state index contributed by atoms with van der Waals surface area (Å²) in [5.74, 6) is -0.834. The van der Waals surface area contributed by atoms with E-state index < -0.39 is 5.82 Å². The smallest absolute Gasteiger partial charge is 0.255 e. The third-order valence-corrected chi connectivity index (χ3v) is 7.18. The third-order valence-electron chi connectivity index (χ3n) is 7.18. The number of benzene rings is 2. The van der Waals surface area contributed by atoms with Crippen molar-refractivity contribution in [2.75, 3.05) is 45.8 Å². The van der Waals surface area contributed by atoms with Gasteiger partial charge in [0.25, 0.3) is 11.8 Å². The summed E-state index contributed by atoms with van der Waals surface area (Å²) >= 11 is 0. The highest BCUT2D eigenvalue weighted by atomic mass is 19.1. The van der Waals surface area contributed by atoms with Gasteiger partial charge < -0.3 is 25.6 Å². The lowest BCUT2D eigenvalue weighted by Crippen LogP contribution is -2.81. The normalized spacial score (nSPS) is 17.4. The lowest BCUT2D eigenvalue weighted by Gasteiger charge is -2.35. The fourth-order valence-electron chi connectivity index (χ4n) is 5.09. The summed E-state index contributed by atoms with van der Waals surface area (Å²) in [6.45, 7) is 3.79. The average Bonchev–Trinajstić information content (AvgIpc) is 3.46. The fraction of sp³-hybridized carbons (Fsp3) is 0.345. The van der Waals surface area contributed by atoms with Crippen molar-refractivity contribution in [3.05, 3.63) is 83.1 Å². The second kappa shape index (κ2) is 11.9. The average molecular weight is 538 g/mol.